The first kappa shape index (κ1) is 22.5. The molecule has 0 radical (unpaired) electrons. The summed E-state index contributed by atoms with van der Waals surface area (Å²) in [5.41, 5.74) is 1.66. The van der Waals surface area contributed by atoms with Gasteiger partial charge in [-0.05, 0) is 12.0 Å². The Morgan fingerprint density at radius 2 is 1.97 bits per heavy atom. The molecule has 1 aliphatic rings. The number of nitrogens with zero attached hydrogens (tertiary/aromatic N) is 5. The Bertz CT molecular complexity index is 1130. The number of benzene rings is 1. The van der Waals surface area contributed by atoms with Crippen molar-refractivity contribution in [3.05, 3.63) is 48.5 Å². The number of amides is 1. The molecule has 4 rings (SSSR count). The topological polar surface area (TPSA) is 114 Å². The molecule has 0 aliphatic carbocycles. The lowest BCUT2D eigenvalue weighted by atomic mass is 9.93. The predicted octanol–water partition coefficient (Wildman–Crippen LogP) is 3.12. The van der Waals surface area contributed by atoms with Gasteiger partial charge >= 0.3 is 12.1 Å². The fraction of sp³-hybridized carbons (Fsp3) is 0.435. The van der Waals surface area contributed by atoms with E-state index >= 15 is 0 Å². The highest BCUT2D eigenvalue weighted by Gasteiger charge is 2.50. The van der Waals surface area contributed by atoms with Gasteiger partial charge in [0.2, 0.25) is 0 Å². The van der Waals surface area contributed by atoms with Gasteiger partial charge in [-0.25, -0.2) is 24.5 Å². The van der Waals surface area contributed by atoms with E-state index < -0.39 is 29.7 Å². The summed E-state index contributed by atoms with van der Waals surface area (Å²) < 4.78 is 11.2. The van der Waals surface area contributed by atoms with Gasteiger partial charge in [-0.1, -0.05) is 51.1 Å². The number of rotatable bonds is 6. The zero-order chi connectivity index (χ0) is 23.6. The molecule has 1 amide bonds. The van der Waals surface area contributed by atoms with E-state index in [9.17, 15) is 9.59 Å². The molecule has 1 N–H and O–H groups in total. The number of carbonyl (C=O) groups excluding carboxylic acids is 2. The number of ether oxygens (including phenoxy) is 2. The highest BCUT2D eigenvalue weighted by molar-refractivity contribution is 5.85. The molecule has 2 aromatic heterocycles. The molecule has 174 valence electrons. The molecule has 33 heavy (non-hydrogen) atoms. The van der Waals surface area contributed by atoms with Gasteiger partial charge in [-0.3, -0.25) is 4.90 Å². The number of imidazole rings is 1. The van der Waals surface area contributed by atoms with Crippen LogP contribution in [0.25, 0.3) is 11.2 Å². The number of aromatic nitrogens is 4. The van der Waals surface area contributed by atoms with E-state index in [1.807, 2.05) is 63.1 Å². The first-order valence-electron chi connectivity index (χ1n) is 10.8. The van der Waals surface area contributed by atoms with Gasteiger partial charge in [-0.15, -0.1) is 0 Å². The smallest absolute Gasteiger partial charge is 0.413 e. The normalized spacial score (nSPS) is 18.4. The summed E-state index contributed by atoms with van der Waals surface area (Å²) in [6.07, 6.45) is 2.06. The van der Waals surface area contributed by atoms with E-state index in [1.165, 1.54) is 11.2 Å². The Balaban J connectivity index is 1.50. The molecule has 10 heteroatoms. The first-order chi connectivity index (χ1) is 15.8. The lowest BCUT2D eigenvalue weighted by Crippen LogP contribution is -2.48. The summed E-state index contributed by atoms with van der Waals surface area (Å²) in [6, 6.07) is 8.65. The summed E-state index contributed by atoms with van der Waals surface area (Å²) in [4.78, 5) is 44.9. The number of nitrogens with one attached hydrogen (secondary N) is 1. The zero-order valence-electron chi connectivity index (χ0n) is 19.2. The molecule has 1 fully saturated rings. The molecule has 0 saturated carbocycles. The van der Waals surface area contributed by atoms with Crippen LogP contribution in [0.1, 0.15) is 32.8 Å². The van der Waals surface area contributed by atoms with Crippen molar-refractivity contribution in [3.8, 4) is 0 Å². The Morgan fingerprint density at radius 1 is 1.21 bits per heavy atom. The van der Waals surface area contributed by atoms with E-state index in [0.717, 1.165) is 5.56 Å². The van der Waals surface area contributed by atoms with E-state index in [4.69, 9.17) is 9.47 Å². The van der Waals surface area contributed by atoms with Crippen LogP contribution in [0.2, 0.25) is 0 Å². The van der Waals surface area contributed by atoms with Crippen LogP contribution in [0.15, 0.2) is 43.0 Å². The summed E-state index contributed by atoms with van der Waals surface area (Å²) in [6.45, 7) is 6.34. The number of aromatic amines is 1. The third kappa shape index (κ3) is 4.74. The number of anilines is 1. The Labute approximate surface area is 191 Å². The van der Waals surface area contributed by atoms with Crippen LogP contribution in [0.5, 0.6) is 0 Å². The van der Waals surface area contributed by atoms with Gasteiger partial charge in [0.25, 0.3) is 0 Å². The minimum Gasteiger partial charge on any atom is -0.444 e. The molecule has 3 aromatic rings. The van der Waals surface area contributed by atoms with Gasteiger partial charge in [0.15, 0.2) is 17.7 Å². The van der Waals surface area contributed by atoms with Crippen LogP contribution in [0.3, 0.4) is 0 Å². The standard InChI is InChI=1S/C23H28N6O4/c1-23(2,3)21-29(22(31)32-12-15-8-6-5-7-9-15)16(20(30)33-21)10-11-28(4)19-17-18(25-13-24-17)26-14-27-19/h5-9,13-14,16,21H,10-12H2,1-4H3,(H,24,25,26,27)/t16-,21-/m0/s1. The number of cyclic esters (lactones) is 1. The number of esters is 1. The molecule has 0 unspecified atom stereocenters. The summed E-state index contributed by atoms with van der Waals surface area (Å²) in [7, 11) is 1.86. The van der Waals surface area contributed by atoms with E-state index in [2.05, 4.69) is 19.9 Å². The minimum atomic E-state index is -0.765. The third-order valence-electron chi connectivity index (χ3n) is 5.55. The molecule has 2 atom stereocenters. The Kier molecular flexibility index (Phi) is 6.17. The van der Waals surface area contributed by atoms with Gasteiger partial charge in [0.05, 0.1) is 6.33 Å². The van der Waals surface area contributed by atoms with Crippen molar-refractivity contribution in [1.82, 2.24) is 24.8 Å². The average Bonchev–Trinajstić information content (AvgIpc) is 3.40. The minimum absolute atomic E-state index is 0.118. The molecule has 3 heterocycles. The third-order valence-corrected chi connectivity index (χ3v) is 5.55. The molecule has 0 bridgehead atoms. The van der Waals surface area contributed by atoms with Crippen molar-refractivity contribution in [1.29, 1.82) is 0 Å². The fourth-order valence-electron chi connectivity index (χ4n) is 3.85. The molecular weight excluding hydrogens is 424 g/mol. The lowest BCUT2D eigenvalue weighted by Gasteiger charge is -2.33. The molecule has 1 aliphatic heterocycles. The second-order valence-electron chi connectivity index (χ2n) is 9.13. The Hall–Kier alpha value is -3.69. The number of fused-ring (bicyclic) bond motifs is 1. The summed E-state index contributed by atoms with van der Waals surface area (Å²) in [5.74, 6) is 0.226. The predicted molar refractivity (Wildman–Crippen MR) is 121 cm³/mol. The molecular formula is C23H28N6O4. The lowest BCUT2D eigenvalue weighted by molar-refractivity contribution is -0.147. The van der Waals surface area contributed by atoms with Crippen LogP contribution in [0, 0.1) is 5.41 Å². The van der Waals surface area contributed by atoms with Gasteiger partial charge in [0, 0.05) is 19.0 Å². The largest absolute Gasteiger partial charge is 0.444 e. The SMILES string of the molecule is CN(CC[C@H]1C(=O)O[C@@H](C(C)(C)C)N1C(=O)OCc1ccccc1)c1ncnc2nc[nH]c12. The van der Waals surface area contributed by atoms with Crippen molar-refractivity contribution < 1.29 is 19.1 Å². The zero-order valence-corrected chi connectivity index (χ0v) is 19.2. The maximum atomic E-state index is 13.1. The quantitative estimate of drug-likeness (QED) is 0.568. The summed E-state index contributed by atoms with van der Waals surface area (Å²) >= 11 is 0. The van der Waals surface area contributed by atoms with Crippen molar-refractivity contribution in [2.75, 3.05) is 18.5 Å². The monoisotopic (exact) mass is 452 g/mol. The van der Waals surface area contributed by atoms with Gasteiger partial charge in [-0.2, -0.15) is 0 Å². The fourth-order valence-corrected chi connectivity index (χ4v) is 3.85. The number of hydrogen-bond donors (Lipinski definition) is 1. The van der Waals surface area contributed by atoms with Crippen LogP contribution < -0.4 is 4.90 Å². The molecule has 1 aromatic carbocycles. The van der Waals surface area contributed by atoms with Crippen LogP contribution in [-0.2, 0) is 20.9 Å². The van der Waals surface area contributed by atoms with Gasteiger partial charge in [0.1, 0.15) is 24.5 Å². The second kappa shape index (κ2) is 9.05. The highest BCUT2D eigenvalue weighted by atomic mass is 16.6. The van der Waals surface area contributed by atoms with Crippen LogP contribution >= 0.6 is 0 Å². The van der Waals surface area contributed by atoms with Crippen molar-refractivity contribution in [3.63, 3.8) is 0 Å². The van der Waals surface area contributed by atoms with Crippen LogP contribution in [0.4, 0.5) is 10.6 Å². The molecule has 0 spiro atoms. The average molecular weight is 453 g/mol. The van der Waals surface area contributed by atoms with E-state index in [1.54, 1.807) is 6.33 Å². The van der Waals surface area contributed by atoms with Crippen molar-refractivity contribution >= 4 is 29.0 Å². The van der Waals surface area contributed by atoms with Crippen LogP contribution in [-0.4, -0.2) is 62.8 Å². The summed E-state index contributed by atoms with van der Waals surface area (Å²) in [5, 5.41) is 0. The maximum absolute atomic E-state index is 13.1. The number of H-pyrrole nitrogens is 1. The van der Waals surface area contributed by atoms with Crippen molar-refractivity contribution in [2.45, 2.75) is 46.1 Å². The first-order valence-corrected chi connectivity index (χ1v) is 10.8. The van der Waals surface area contributed by atoms with Gasteiger partial charge < -0.3 is 19.4 Å². The van der Waals surface area contributed by atoms with E-state index in [0.29, 0.717) is 29.9 Å². The molecule has 10 nitrogen and oxygen atoms in total. The Morgan fingerprint density at radius 3 is 2.70 bits per heavy atom. The second-order valence-corrected chi connectivity index (χ2v) is 9.13. The van der Waals surface area contributed by atoms with E-state index in [-0.39, 0.29) is 6.61 Å². The maximum Gasteiger partial charge on any atom is 0.413 e. The van der Waals surface area contributed by atoms with Crippen molar-refractivity contribution in [2.24, 2.45) is 5.41 Å². The number of carbonyl (C=O) groups is 2. The highest BCUT2D eigenvalue weighted by Crippen LogP contribution is 2.34. The number of hydrogen-bond acceptors (Lipinski definition) is 8. The molecule has 1 saturated heterocycles.